The number of hydrogen-bond acceptors (Lipinski definition) is 6. The largest absolute Gasteiger partial charge is 0.462 e. The molecule has 0 N–H and O–H groups in total. The molecule has 0 fully saturated rings. The van der Waals surface area contributed by atoms with Crippen LogP contribution in [0.2, 0.25) is 0 Å². The fourth-order valence-corrected chi connectivity index (χ4v) is 1.74. The third-order valence-electron chi connectivity index (χ3n) is 2.87. The highest BCUT2D eigenvalue weighted by Crippen LogP contribution is 2.29. The lowest BCUT2D eigenvalue weighted by Gasteiger charge is -2.12. The van der Waals surface area contributed by atoms with Crippen molar-refractivity contribution in [2.45, 2.75) is 33.2 Å². The van der Waals surface area contributed by atoms with Crippen LogP contribution in [0.1, 0.15) is 49.2 Å². The molecule has 0 saturated carbocycles. The van der Waals surface area contributed by atoms with Crippen molar-refractivity contribution in [2.24, 2.45) is 0 Å². The second-order valence-corrected chi connectivity index (χ2v) is 4.47. The fraction of sp³-hybridized carbons (Fsp3) is 0.400. The third kappa shape index (κ3) is 4.54. The van der Waals surface area contributed by atoms with Crippen LogP contribution in [0.3, 0.4) is 0 Å². The van der Waals surface area contributed by atoms with E-state index in [9.17, 15) is 19.7 Å². The maximum absolute atomic E-state index is 11.7. The monoisotopic (exact) mass is 308 g/mol. The van der Waals surface area contributed by atoms with Gasteiger partial charge in [0.25, 0.3) is 0 Å². The first kappa shape index (κ1) is 17.6. The average Bonchev–Trinajstić information content (AvgIpc) is 2.47. The predicted molar refractivity (Wildman–Crippen MR) is 78.0 cm³/mol. The van der Waals surface area contributed by atoms with Gasteiger partial charge in [-0.05, 0) is 31.5 Å². The molecule has 7 heteroatoms. The fourth-order valence-electron chi connectivity index (χ4n) is 1.74. The summed E-state index contributed by atoms with van der Waals surface area (Å²) in [5, 5.41) is 11.0. The molecule has 119 valence electrons. The Bertz CT molecular complexity index is 569. The lowest BCUT2D eigenvalue weighted by molar-refractivity contribution is -0.524. The molecule has 1 aromatic carbocycles. The summed E-state index contributed by atoms with van der Waals surface area (Å²) >= 11 is 0. The van der Waals surface area contributed by atoms with Gasteiger partial charge >= 0.3 is 11.9 Å². The summed E-state index contributed by atoms with van der Waals surface area (Å²) in [6.45, 7) is 4.98. The lowest BCUT2D eigenvalue weighted by Crippen LogP contribution is -2.14. The van der Waals surface area contributed by atoms with Crippen LogP contribution in [0.4, 0.5) is 0 Å². The Morgan fingerprint density at radius 2 is 2.05 bits per heavy atom. The summed E-state index contributed by atoms with van der Waals surface area (Å²) in [6.07, 6.45) is 1.81. The Morgan fingerprint density at radius 1 is 1.36 bits per heavy atom. The van der Waals surface area contributed by atoms with Gasteiger partial charge in [-0.2, -0.15) is 0 Å². The van der Waals surface area contributed by atoms with Crippen LogP contribution >= 0.6 is 0 Å². The van der Waals surface area contributed by atoms with Gasteiger partial charge in [-0.3, -0.25) is 14.9 Å². The number of nitrogens with zero attached hydrogens (tertiary/aromatic N) is 1. The van der Waals surface area contributed by atoms with Gasteiger partial charge in [0.1, 0.15) is 5.75 Å². The molecule has 1 aromatic rings. The number of ether oxygens (including phenoxy) is 2. The van der Waals surface area contributed by atoms with E-state index in [1.807, 2.05) is 0 Å². The molecule has 0 spiro atoms. The number of esters is 2. The van der Waals surface area contributed by atoms with E-state index in [0.717, 1.165) is 0 Å². The van der Waals surface area contributed by atoms with Crippen molar-refractivity contribution in [1.29, 1.82) is 0 Å². The minimum atomic E-state index is -1.13. The van der Waals surface area contributed by atoms with Gasteiger partial charge in [-0.15, -0.1) is 0 Å². The highest BCUT2D eigenvalue weighted by Gasteiger charge is 2.24. The Morgan fingerprint density at radius 3 is 2.59 bits per heavy atom. The van der Waals surface area contributed by atoms with E-state index in [1.165, 1.54) is 31.5 Å². The quantitative estimate of drug-likeness (QED) is 0.332. The molecule has 0 aliphatic carbocycles. The maximum atomic E-state index is 11.7. The van der Waals surface area contributed by atoms with Crippen molar-refractivity contribution in [3.63, 3.8) is 0 Å². The molecule has 1 atom stereocenters. The molecule has 0 aliphatic rings. The molecule has 0 amide bonds. The third-order valence-corrected chi connectivity index (χ3v) is 2.87. The van der Waals surface area contributed by atoms with E-state index in [4.69, 9.17) is 9.47 Å². The van der Waals surface area contributed by atoms with E-state index >= 15 is 0 Å². The van der Waals surface area contributed by atoms with Crippen molar-refractivity contribution in [1.82, 2.24) is 0 Å². The molecule has 0 aliphatic heterocycles. The second kappa shape index (κ2) is 8.11. The maximum Gasteiger partial charge on any atom is 0.338 e. The van der Waals surface area contributed by atoms with Crippen molar-refractivity contribution < 1.29 is 24.0 Å². The zero-order valence-corrected chi connectivity index (χ0v) is 12.7. The van der Waals surface area contributed by atoms with E-state index in [0.29, 0.717) is 6.42 Å². The van der Waals surface area contributed by atoms with Crippen molar-refractivity contribution in [3.05, 3.63) is 45.9 Å². The molecule has 0 bridgehead atoms. The van der Waals surface area contributed by atoms with Gasteiger partial charge in [-0.1, -0.05) is 6.92 Å². The first-order valence-corrected chi connectivity index (χ1v) is 6.90. The molecule has 0 saturated heterocycles. The Kier molecular flexibility index (Phi) is 6.49. The van der Waals surface area contributed by atoms with Crippen LogP contribution in [0.5, 0.6) is 5.75 Å². The van der Waals surface area contributed by atoms with Crippen LogP contribution in [0.15, 0.2) is 18.2 Å². The normalized spacial score (nSPS) is 11.6. The highest BCUT2D eigenvalue weighted by atomic mass is 16.6. The van der Waals surface area contributed by atoms with Gasteiger partial charge in [0.2, 0.25) is 6.04 Å². The summed E-state index contributed by atoms with van der Waals surface area (Å²) in [6, 6.07) is 2.96. The van der Waals surface area contributed by atoms with Crippen LogP contribution in [0.25, 0.3) is 0 Å². The molecule has 1 rings (SSSR count). The molecule has 22 heavy (non-hydrogen) atoms. The van der Waals surface area contributed by atoms with Crippen LogP contribution in [-0.2, 0) is 9.53 Å². The van der Waals surface area contributed by atoms with Gasteiger partial charge in [-0.25, -0.2) is 4.79 Å². The summed E-state index contributed by atoms with van der Waals surface area (Å²) in [5.74, 6) is -1.12. The topological polar surface area (TPSA) is 95.7 Å². The molecule has 1 unspecified atom stereocenters. The molecule has 7 nitrogen and oxygen atoms in total. The number of carbonyl (C=O) groups excluding carboxylic acids is 2. The van der Waals surface area contributed by atoms with Crippen molar-refractivity contribution >= 4 is 11.9 Å². The van der Waals surface area contributed by atoms with Crippen molar-refractivity contribution in [2.75, 3.05) is 6.61 Å². The highest BCUT2D eigenvalue weighted by molar-refractivity contribution is 5.90. The minimum absolute atomic E-state index is 0.0620. The smallest absolute Gasteiger partial charge is 0.338 e. The van der Waals surface area contributed by atoms with E-state index in [-0.39, 0.29) is 23.5 Å². The second-order valence-electron chi connectivity index (χ2n) is 4.47. The summed E-state index contributed by atoms with van der Waals surface area (Å²) in [5.41, 5.74) is 0.318. The lowest BCUT2D eigenvalue weighted by atomic mass is 10.0. The Labute approximate surface area is 128 Å². The number of benzene rings is 1. The van der Waals surface area contributed by atoms with Gasteiger partial charge < -0.3 is 9.47 Å². The van der Waals surface area contributed by atoms with Crippen molar-refractivity contribution in [3.8, 4) is 5.75 Å². The Hall–Kier alpha value is -2.44. The summed E-state index contributed by atoms with van der Waals surface area (Å²) in [4.78, 5) is 33.7. The van der Waals surface area contributed by atoms with Crippen LogP contribution in [-0.4, -0.2) is 23.5 Å². The van der Waals surface area contributed by atoms with Crippen LogP contribution in [0, 0.1) is 16.5 Å². The molecule has 0 aromatic heterocycles. The first-order chi connectivity index (χ1) is 10.4. The molecule has 0 heterocycles. The minimum Gasteiger partial charge on any atom is -0.462 e. The van der Waals surface area contributed by atoms with E-state index < -0.39 is 22.9 Å². The van der Waals surface area contributed by atoms with Crippen LogP contribution < -0.4 is 4.74 Å². The zero-order chi connectivity index (χ0) is 16.7. The Balaban J connectivity index is 3.17. The molecular formula is C15H18NO6. The van der Waals surface area contributed by atoms with Gasteiger partial charge in [0.05, 0.1) is 24.2 Å². The predicted octanol–water partition coefficient (Wildman–Crippen LogP) is 2.72. The van der Waals surface area contributed by atoms with E-state index in [1.54, 1.807) is 13.8 Å². The number of rotatable bonds is 7. The first-order valence-electron chi connectivity index (χ1n) is 6.90. The average molecular weight is 308 g/mol. The zero-order valence-electron chi connectivity index (χ0n) is 12.7. The summed E-state index contributed by atoms with van der Waals surface area (Å²) < 4.78 is 9.96. The molecular weight excluding hydrogens is 290 g/mol. The van der Waals surface area contributed by atoms with Gasteiger partial charge in [0, 0.05) is 11.8 Å². The van der Waals surface area contributed by atoms with E-state index in [2.05, 4.69) is 0 Å². The number of carbonyl (C=O) groups is 2. The standard InChI is InChI=1S/C15H18NO6/c1-4-6-14(17)22-13-8-7-11(15(18)21-5-2)9-12(13)10(3)16(19)20/h6-10H,4-5H2,1-3H3. The number of nitro groups is 1. The summed E-state index contributed by atoms with van der Waals surface area (Å²) in [7, 11) is 0. The number of hydrogen-bond donors (Lipinski definition) is 0. The molecule has 1 radical (unpaired) electrons. The van der Waals surface area contributed by atoms with Gasteiger partial charge in [0.15, 0.2) is 0 Å². The SMILES string of the molecule is CC[CH]C(=O)Oc1ccc(C(=O)OCC)cc1C(C)[N+](=O)[O-].